The topological polar surface area (TPSA) is 57.6 Å². The van der Waals surface area contributed by atoms with E-state index in [1.54, 1.807) is 26.8 Å². The van der Waals surface area contributed by atoms with Crippen LogP contribution in [0.3, 0.4) is 0 Å². The molecular formula is C15H20FNO3. The first-order valence-corrected chi connectivity index (χ1v) is 6.56. The van der Waals surface area contributed by atoms with Crippen LogP contribution in [0.2, 0.25) is 0 Å². The number of hydrogen-bond donors (Lipinski definition) is 1. The Labute approximate surface area is 118 Å². The van der Waals surface area contributed by atoms with Gasteiger partial charge in [0.25, 0.3) is 0 Å². The Morgan fingerprint density at radius 2 is 2.00 bits per heavy atom. The van der Waals surface area contributed by atoms with Gasteiger partial charge >= 0.3 is 5.97 Å². The van der Waals surface area contributed by atoms with E-state index in [1.807, 2.05) is 0 Å². The first-order valence-electron chi connectivity index (χ1n) is 6.56. The molecule has 0 aromatic heterocycles. The molecule has 1 aromatic carbocycles. The van der Waals surface area contributed by atoms with Crippen LogP contribution in [0.25, 0.3) is 0 Å². The maximum absolute atomic E-state index is 13.5. The van der Waals surface area contributed by atoms with Crippen molar-refractivity contribution in [3.63, 3.8) is 0 Å². The molecule has 0 saturated heterocycles. The van der Waals surface area contributed by atoms with Gasteiger partial charge in [0.2, 0.25) is 5.91 Å². The number of nitrogens with zero attached hydrogens (tertiary/aromatic N) is 1. The van der Waals surface area contributed by atoms with Crippen LogP contribution in [-0.4, -0.2) is 27.9 Å². The van der Waals surface area contributed by atoms with Gasteiger partial charge in [-0.1, -0.05) is 19.1 Å². The number of carboxylic acid groups (broad SMARTS) is 1. The van der Waals surface area contributed by atoms with Crippen LogP contribution < -0.4 is 0 Å². The largest absolute Gasteiger partial charge is 0.479 e. The van der Waals surface area contributed by atoms with Gasteiger partial charge in [-0.2, -0.15) is 0 Å². The van der Waals surface area contributed by atoms with E-state index in [0.29, 0.717) is 0 Å². The zero-order chi connectivity index (χ0) is 15.5. The molecule has 110 valence electrons. The highest BCUT2D eigenvalue weighted by Crippen LogP contribution is 2.35. The molecule has 0 spiro atoms. The summed E-state index contributed by atoms with van der Waals surface area (Å²) in [6.07, 6.45) is 0.156. The van der Waals surface area contributed by atoms with Crippen LogP contribution in [0.15, 0.2) is 24.3 Å². The second-order valence-electron chi connectivity index (χ2n) is 5.01. The minimum atomic E-state index is -1.55. The van der Waals surface area contributed by atoms with E-state index in [9.17, 15) is 19.1 Å². The summed E-state index contributed by atoms with van der Waals surface area (Å²) in [6.45, 7) is 6.49. The highest BCUT2D eigenvalue weighted by Gasteiger charge is 2.47. The molecule has 0 aliphatic carbocycles. The molecule has 1 N–H and O–H groups in total. The fourth-order valence-electron chi connectivity index (χ4n) is 2.71. The van der Waals surface area contributed by atoms with E-state index in [2.05, 4.69) is 0 Å². The standard InChI is InChI=1S/C15H20FNO3/c1-5-15(14(19)20,17(10(2)3)11(4)18)12-7-6-8-13(16)9-12/h6-10H,5H2,1-4H3,(H,19,20). The van der Waals surface area contributed by atoms with E-state index < -0.39 is 17.3 Å². The van der Waals surface area contributed by atoms with Gasteiger partial charge in [-0.3, -0.25) is 4.79 Å². The van der Waals surface area contributed by atoms with Gasteiger partial charge in [0.1, 0.15) is 5.82 Å². The van der Waals surface area contributed by atoms with Crippen molar-refractivity contribution in [1.29, 1.82) is 0 Å². The number of aliphatic carboxylic acids is 1. The molecule has 1 rings (SSSR count). The lowest BCUT2D eigenvalue weighted by atomic mass is 9.84. The molecule has 1 amide bonds. The van der Waals surface area contributed by atoms with Crippen LogP contribution in [0.4, 0.5) is 4.39 Å². The second-order valence-corrected chi connectivity index (χ2v) is 5.01. The lowest BCUT2D eigenvalue weighted by Crippen LogP contribution is -2.56. The predicted octanol–water partition coefficient (Wildman–Crippen LogP) is 2.77. The van der Waals surface area contributed by atoms with Crippen LogP contribution in [0, 0.1) is 5.82 Å². The van der Waals surface area contributed by atoms with Crippen LogP contribution in [0.5, 0.6) is 0 Å². The lowest BCUT2D eigenvalue weighted by Gasteiger charge is -2.42. The Balaban J connectivity index is 3.58. The Hall–Kier alpha value is -1.91. The summed E-state index contributed by atoms with van der Waals surface area (Å²) in [4.78, 5) is 25.1. The van der Waals surface area contributed by atoms with E-state index in [0.717, 1.165) is 0 Å². The molecule has 4 nitrogen and oxygen atoms in total. The van der Waals surface area contributed by atoms with Gasteiger partial charge in [0.15, 0.2) is 5.54 Å². The van der Waals surface area contributed by atoms with Crippen molar-refractivity contribution in [3.8, 4) is 0 Å². The number of benzene rings is 1. The molecular weight excluding hydrogens is 261 g/mol. The molecule has 1 aromatic rings. The minimum absolute atomic E-state index is 0.156. The van der Waals surface area contributed by atoms with Gasteiger partial charge in [0, 0.05) is 13.0 Å². The monoisotopic (exact) mass is 281 g/mol. The summed E-state index contributed by atoms with van der Waals surface area (Å²) in [5.74, 6) is -2.03. The first kappa shape index (κ1) is 16.1. The molecule has 0 aliphatic heterocycles. The molecule has 20 heavy (non-hydrogen) atoms. The zero-order valence-corrected chi connectivity index (χ0v) is 12.2. The molecule has 0 aliphatic rings. The van der Waals surface area contributed by atoms with Crippen molar-refractivity contribution in [1.82, 2.24) is 4.90 Å². The summed E-state index contributed by atoms with van der Waals surface area (Å²) in [5, 5.41) is 9.72. The van der Waals surface area contributed by atoms with Gasteiger partial charge in [-0.25, -0.2) is 9.18 Å². The Kier molecular flexibility index (Phi) is 4.87. The normalized spacial score (nSPS) is 13.9. The summed E-state index contributed by atoms with van der Waals surface area (Å²) in [6, 6.07) is 5.11. The number of rotatable bonds is 5. The fraction of sp³-hybridized carbons (Fsp3) is 0.467. The molecule has 0 radical (unpaired) electrons. The van der Waals surface area contributed by atoms with Crippen molar-refractivity contribution in [2.45, 2.75) is 45.7 Å². The number of carboxylic acids is 1. The zero-order valence-electron chi connectivity index (χ0n) is 12.2. The minimum Gasteiger partial charge on any atom is -0.479 e. The molecule has 1 unspecified atom stereocenters. The van der Waals surface area contributed by atoms with Crippen molar-refractivity contribution in [3.05, 3.63) is 35.6 Å². The number of carbonyl (C=O) groups excluding carboxylic acids is 1. The third-order valence-corrected chi connectivity index (χ3v) is 3.43. The van der Waals surface area contributed by atoms with E-state index in [4.69, 9.17) is 0 Å². The molecule has 5 heteroatoms. The molecule has 0 bridgehead atoms. The van der Waals surface area contributed by atoms with Crippen LogP contribution >= 0.6 is 0 Å². The third kappa shape index (κ3) is 2.66. The van der Waals surface area contributed by atoms with Crippen molar-refractivity contribution in [2.24, 2.45) is 0 Å². The summed E-state index contributed by atoms with van der Waals surface area (Å²) in [5.41, 5.74) is -1.28. The van der Waals surface area contributed by atoms with Gasteiger partial charge < -0.3 is 10.0 Å². The van der Waals surface area contributed by atoms with Crippen molar-refractivity contribution < 1.29 is 19.1 Å². The highest BCUT2D eigenvalue weighted by molar-refractivity contribution is 5.87. The Morgan fingerprint density at radius 3 is 2.35 bits per heavy atom. The second kappa shape index (κ2) is 6.03. The number of amides is 1. The average Bonchev–Trinajstić information content (AvgIpc) is 2.34. The number of carbonyl (C=O) groups is 2. The van der Waals surface area contributed by atoms with E-state index in [-0.39, 0.29) is 23.9 Å². The maximum Gasteiger partial charge on any atom is 0.334 e. The van der Waals surface area contributed by atoms with Gasteiger partial charge in [-0.15, -0.1) is 0 Å². The third-order valence-electron chi connectivity index (χ3n) is 3.43. The Morgan fingerprint density at radius 1 is 1.40 bits per heavy atom. The van der Waals surface area contributed by atoms with Crippen LogP contribution in [0.1, 0.15) is 39.7 Å². The maximum atomic E-state index is 13.5. The summed E-state index contributed by atoms with van der Waals surface area (Å²) in [7, 11) is 0. The summed E-state index contributed by atoms with van der Waals surface area (Å²) < 4.78 is 13.5. The van der Waals surface area contributed by atoms with E-state index >= 15 is 0 Å². The molecule has 1 atom stereocenters. The van der Waals surface area contributed by atoms with Gasteiger partial charge in [0.05, 0.1) is 0 Å². The van der Waals surface area contributed by atoms with Crippen LogP contribution in [-0.2, 0) is 15.1 Å². The highest BCUT2D eigenvalue weighted by atomic mass is 19.1. The summed E-state index contributed by atoms with van der Waals surface area (Å²) >= 11 is 0. The SMILES string of the molecule is CCC(C(=O)O)(c1cccc(F)c1)N(C(C)=O)C(C)C. The number of halogens is 1. The Bertz CT molecular complexity index is 516. The molecule has 0 heterocycles. The smallest absolute Gasteiger partial charge is 0.334 e. The van der Waals surface area contributed by atoms with E-state index in [1.165, 1.54) is 30.0 Å². The molecule has 0 fully saturated rings. The predicted molar refractivity (Wildman–Crippen MR) is 73.7 cm³/mol. The number of hydrogen-bond acceptors (Lipinski definition) is 2. The lowest BCUT2D eigenvalue weighted by molar-refractivity contribution is -0.162. The van der Waals surface area contributed by atoms with Crippen molar-refractivity contribution in [2.75, 3.05) is 0 Å². The van der Waals surface area contributed by atoms with Gasteiger partial charge in [-0.05, 0) is 38.0 Å². The first-order chi connectivity index (χ1) is 9.27. The molecule has 0 saturated carbocycles. The van der Waals surface area contributed by atoms with Crippen molar-refractivity contribution >= 4 is 11.9 Å². The quantitative estimate of drug-likeness (QED) is 0.903. The average molecular weight is 281 g/mol. The fourth-order valence-corrected chi connectivity index (χ4v) is 2.71.